The van der Waals surface area contributed by atoms with Crippen LogP contribution in [0.25, 0.3) is 6.08 Å². The first-order valence-electron chi connectivity index (χ1n) is 8.16. The van der Waals surface area contributed by atoms with Crippen LogP contribution in [0.3, 0.4) is 0 Å². The maximum atomic E-state index is 12.5. The van der Waals surface area contributed by atoms with Gasteiger partial charge in [-0.3, -0.25) is 4.79 Å². The third-order valence-corrected chi connectivity index (χ3v) is 3.79. The fourth-order valence-corrected chi connectivity index (χ4v) is 2.46. The lowest BCUT2D eigenvalue weighted by Crippen LogP contribution is -2.14. The number of nitrogens with zero attached hydrogens (tertiary/aromatic N) is 2. The number of rotatable bonds is 6. The molecule has 0 aliphatic heterocycles. The molecule has 2 aromatic carbocycles. The predicted octanol–water partition coefficient (Wildman–Crippen LogP) is 3.76. The Morgan fingerprint density at radius 3 is 2.56 bits per heavy atom. The van der Waals surface area contributed by atoms with Crippen molar-refractivity contribution in [3.63, 3.8) is 0 Å². The van der Waals surface area contributed by atoms with Crippen molar-refractivity contribution in [3.05, 3.63) is 58.7 Å². The molecule has 0 aliphatic carbocycles. The molecular formula is C21H19N3O3. The van der Waals surface area contributed by atoms with Crippen molar-refractivity contribution >= 4 is 17.7 Å². The van der Waals surface area contributed by atoms with Gasteiger partial charge in [-0.25, -0.2) is 0 Å². The number of aryl methyl sites for hydroxylation is 2. The van der Waals surface area contributed by atoms with Gasteiger partial charge in [0.2, 0.25) is 0 Å². The van der Waals surface area contributed by atoms with Crippen LogP contribution in [0.5, 0.6) is 11.5 Å². The van der Waals surface area contributed by atoms with Gasteiger partial charge in [-0.15, -0.1) is 0 Å². The van der Waals surface area contributed by atoms with Crippen LogP contribution < -0.4 is 14.8 Å². The molecule has 2 aromatic rings. The summed E-state index contributed by atoms with van der Waals surface area (Å²) in [5.41, 5.74) is 3.23. The average Bonchev–Trinajstić information content (AvgIpc) is 2.66. The van der Waals surface area contributed by atoms with Crippen molar-refractivity contribution in [2.75, 3.05) is 19.0 Å². The molecule has 6 nitrogen and oxygen atoms in total. The average molecular weight is 361 g/mol. The molecule has 0 heterocycles. The zero-order chi connectivity index (χ0) is 19.8. The molecule has 0 unspecified atom stereocenters. The van der Waals surface area contributed by atoms with E-state index in [0.29, 0.717) is 22.7 Å². The van der Waals surface area contributed by atoms with Crippen LogP contribution in [-0.4, -0.2) is 19.6 Å². The van der Waals surface area contributed by atoms with Gasteiger partial charge < -0.3 is 14.8 Å². The molecule has 1 N–H and O–H groups in total. The minimum atomic E-state index is -0.492. The summed E-state index contributed by atoms with van der Waals surface area (Å²) in [7, 11) is 1.47. The first kappa shape index (κ1) is 19.6. The number of hydrogen-bond acceptors (Lipinski definition) is 5. The van der Waals surface area contributed by atoms with Gasteiger partial charge in [-0.2, -0.15) is 10.5 Å². The molecule has 0 saturated heterocycles. The number of carbonyl (C=O) groups excluding carboxylic acids is 1. The summed E-state index contributed by atoms with van der Waals surface area (Å²) in [6, 6.07) is 14.4. The topological polar surface area (TPSA) is 95.1 Å². The van der Waals surface area contributed by atoms with Crippen molar-refractivity contribution in [1.29, 1.82) is 10.5 Å². The van der Waals surface area contributed by atoms with Gasteiger partial charge in [-0.1, -0.05) is 23.8 Å². The number of benzene rings is 2. The van der Waals surface area contributed by atoms with Gasteiger partial charge in [-0.05, 0) is 49.2 Å². The first-order chi connectivity index (χ1) is 13.0. The van der Waals surface area contributed by atoms with Crippen LogP contribution in [0.2, 0.25) is 0 Å². The van der Waals surface area contributed by atoms with Crippen LogP contribution in [0, 0.1) is 36.5 Å². The Hall–Kier alpha value is -3.77. The summed E-state index contributed by atoms with van der Waals surface area (Å²) in [5.74, 6) is 0.328. The van der Waals surface area contributed by atoms with E-state index < -0.39 is 5.91 Å². The molecule has 2 rings (SSSR count). The largest absolute Gasteiger partial charge is 0.493 e. The maximum Gasteiger partial charge on any atom is 0.266 e. The Morgan fingerprint density at radius 1 is 1.15 bits per heavy atom. The molecule has 27 heavy (non-hydrogen) atoms. The first-order valence-corrected chi connectivity index (χ1v) is 8.16. The summed E-state index contributed by atoms with van der Waals surface area (Å²) in [5, 5.41) is 20.7. The van der Waals surface area contributed by atoms with Crippen LogP contribution in [0.15, 0.2) is 42.0 Å². The SMILES string of the molecule is COc1cc(/C=C(\C#N)C(=O)Nc2ccc(C)cc2C)ccc1OCC#N. The number of amides is 1. The van der Waals surface area contributed by atoms with Crippen LogP contribution in [0.1, 0.15) is 16.7 Å². The Morgan fingerprint density at radius 2 is 1.93 bits per heavy atom. The van der Waals surface area contributed by atoms with Crippen molar-refractivity contribution < 1.29 is 14.3 Å². The van der Waals surface area contributed by atoms with Gasteiger partial charge >= 0.3 is 0 Å². The third-order valence-electron chi connectivity index (χ3n) is 3.79. The van der Waals surface area contributed by atoms with E-state index in [9.17, 15) is 10.1 Å². The fourth-order valence-electron chi connectivity index (χ4n) is 2.46. The highest BCUT2D eigenvalue weighted by molar-refractivity contribution is 6.10. The summed E-state index contributed by atoms with van der Waals surface area (Å²) >= 11 is 0. The molecule has 0 bridgehead atoms. The van der Waals surface area contributed by atoms with E-state index in [1.54, 1.807) is 18.2 Å². The quantitative estimate of drug-likeness (QED) is 0.624. The van der Waals surface area contributed by atoms with E-state index >= 15 is 0 Å². The number of ether oxygens (including phenoxy) is 2. The highest BCUT2D eigenvalue weighted by Gasteiger charge is 2.12. The summed E-state index contributed by atoms with van der Waals surface area (Å²) in [6.07, 6.45) is 1.47. The highest BCUT2D eigenvalue weighted by atomic mass is 16.5. The number of carbonyl (C=O) groups is 1. The Labute approximate surface area is 158 Å². The summed E-state index contributed by atoms with van der Waals surface area (Å²) in [6.45, 7) is 3.76. The molecule has 0 saturated carbocycles. The second-order valence-electron chi connectivity index (χ2n) is 5.80. The van der Waals surface area contributed by atoms with Gasteiger partial charge in [0.05, 0.1) is 7.11 Å². The van der Waals surface area contributed by atoms with Gasteiger partial charge in [0.1, 0.15) is 17.7 Å². The Balaban J connectivity index is 2.25. The molecule has 1 amide bonds. The molecular weight excluding hydrogens is 342 g/mol. The normalized spacial score (nSPS) is 10.5. The molecule has 0 radical (unpaired) electrons. The zero-order valence-corrected chi connectivity index (χ0v) is 15.4. The minimum absolute atomic E-state index is 0.0391. The second-order valence-corrected chi connectivity index (χ2v) is 5.80. The molecule has 136 valence electrons. The van der Waals surface area contributed by atoms with Crippen molar-refractivity contribution in [3.8, 4) is 23.6 Å². The standard InChI is InChI=1S/C21H19N3O3/c1-14-4-6-18(15(2)10-14)24-21(25)17(13-23)11-16-5-7-19(27-9-8-22)20(12-16)26-3/h4-7,10-12H,9H2,1-3H3,(H,24,25)/b17-11+. The van der Waals surface area contributed by atoms with Crippen LogP contribution >= 0.6 is 0 Å². The summed E-state index contributed by atoms with van der Waals surface area (Å²) < 4.78 is 10.5. The Bertz CT molecular complexity index is 966. The van der Waals surface area contributed by atoms with Crippen LogP contribution in [-0.2, 0) is 4.79 Å². The van der Waals surface area contributed by atoms with Gasteiger partial charge in [0.15, 0.2) is 18.1 Å². The van der Waals surface area contributed by atoms with E-state index in [1.165, 1.54) is 13.2 Å². The lowest BCUT2D eigenvalue weighted by atomic mass is 10.1. The van der Waals surface area contributed by atoms with E-state index in [4.69, 9.17) is 14.7 Å². The number of anilines is 1. The predicted molar refractivity (Wildman–Crippen MR) is 102 cm³/mol. The van der Waals surface area contributed by atoms with E-state index in [-0.39, 0.29) is 12.2 Å². The van der Waals surface area contributed by atoms with Gasteiger partial charge in [0, 0.05) is 5.69 Å². The lowest BCUT2D eigenvalue weighted by molar-refractivity contribution is -0.112. The maximum absolute atomic E-state index is 12.5. The zero-order valence-electron chi connectivity index (χ0n) is 15.4. The van der Waals surface area contributed by atoms with Crippen molar-refractivity contribution in [2.24, 2.45) is 0 Å². The molecule has 0 aromatic heterocycles. The highest BCUT2D eigenvalue weighted by Crippen LogP contribution is 2.29. The molecule has 0 fully saturated rings. The summed E-state index contributed by atoms with van der Waals surface area (Å²) in [4.78, 5) is 12.5. The van der Waals surface area contributed by atoms with E-state index in [2.05, 4.69) is 5.32 Å². The molecule has 0 atom stereocenters. The monoisotopic (exact) mass is 361 g/mol. The van der Waals surface area contributed by atoms with Crippen molar-refractivity contribution in [2.45, 2.75) is 13.8 Å². The molecule has 0 spiro atoms. The number of methoxy groups -OCH3 is 1. The Kier molecular flexibility index (Phi) is 6.57. The number of hydrogen-bond donors (Lipinski definition) is 1. The third kappa shape index (κ3) is 5.10. The lowest BCUT2D eigenvalue weighted by Gasteiger charge is -2.10. The smallest absolute Gasteiger partial charge is 0.266 e. The van der Waals surface area contributed by atoms with Crippen LogP contribution in [0.4, 0.5) is 5.69 Å². The number of nitrogens with one attached hydrogen (secondary N) is 1. The van der Waals surface area contributed by atoms with E-state index in [0.717, 1.165) is 11.1 Å². The molecule has 6 heteroatoms. The number of nitriles is 2. The minimum Gasteiger partial charge on any atom is -0.493 e. The fraction of sp³-hybridized carbons (Fsp3) is 0.190. The second kappa shape index (κ2) is 9.07. The molecule has 0 aliphatic rings. The van der Waals surface area contributed by atoms with Gasteiger partial charge in [0.25, 0.3) is 5.91 Å². The van der Waals surface area contributed by atoms with Crippen molar-refractivity contribution in [1.82, 2.24) is 0 Å². The van der Waals surface area contributed by atoms with E-state index in [1.807, 2.05) is 44.2 Å².